The van der Waals surface area contributed by atoms with Crippen molar-refractivity contribution in [2.45, 2.75) is 0 Å². The van der Waals surface area contributed by atoms with Crippen LogP contribution >= 0.6 is 0 Å². The summed E-state index contributed by atoms with van der Waals surface area (Å²) in [7, 11) is 0. The van der Waals surface area contributed by atoms with Crippen molar-refractivity contribution in [1.82, 2.24) is 0 Å². The van der Waals surface area contributed by atoms with Crippen LogP contribution in [0, 0.1) is 10.8 Å². The van der Waals surface area contributed by atoms with Crippen LogP contribution in [0.1, 0.15) is 15.9 Å². The number of rotatable bonds is 4. The van der Waals surface area contributed by atoms with Crippen LogP contribution in [-0.2, 0) is 0 Å². The first-order chi connectivity index (χ1) is 10.5. The molecule has 0 radical (unpaired) electrons. The molecule has 0 aliphatic rings. The zero-order valence-electron chi connectivity index (χ0n) is 11.7. The Balaban J connectivity index is 2.11. The van der Waals surface area contributed by atoms with E-state index in [0.29, 0.717) is 22.5 Å². The van der Waals surface area contributed by atoms with Crippen molar-refractivity contribution >= 4 is 29.1 Å². The number of amidine groups is 1. The molecule has 1 amide bonds. The van der Waals surface area contributed by atoms with Gasteiger partial charge in [-0.15, -0.1) is 0 Å². The Labute approximate surface area is 127 Å². The lowest BCUT2D eigenvalue weighted by Gasteiger charge is -2.08. The number of carbonyl (C=O) groups is 1. The smallest absolute Gasteiger partial charge is 0.255 e. The third-order valence-electron chi connectivity index (χ3n) is 2.86. The highest BCUT2D eigenvalue weighted by Crippen LogP contribution is 2.14. The minimum Gasteiger partial charge on any atom is -0.384 e. The summed E-state index contributed by atoms with van der Waals surface area (Å²) >= 11 is 0. The molecule has 0 heterocycles. The number of benzene rings is 2. The molecule has 2 aromatic carbocycles. The van der Waals surface area contributed by atoms with Gasteiger partial charge in [0.2, 0.25) is 0 Å². The van der Waals surface area contributed by atoms with Crippen molar-refractivity contribution in [3.05, 3.63) is 59.7 Å². The molecule has 2 aromatic rings. The lowest BCUT2D eigenvalue weighted by Crippen LogP contribution is -2.21. The molecule has 2 rings (SSSR count). The molecule has 0 fully saturated rings. The number of hydrogen-bond acceptors (Lipinski definition) is 3. The van der Waals surface area contributed by atoms with E-state index in [4.69, 9.17) is 22.3 Å². The lowest BCUT2D eigenvalue weighted by molar-refractivity contribution is 0.102. The zero-order valence-corrected chi connectivity index (χ0v) is 11.7. The number of carbonyl (C=O) groups excluding carboxylic acids is 1. The van der Waals surface area contributed by atoms with Crippen LogP contribution in [0.2, 0.25) is 0 Å². The first-order valence-corrected chi connectivity index (χ1v) is 6.42. The number of guanidine groups is 1. The molecular weight excluding hydrogens is 280 g/mol. The number of nitrogen functional groups attached to an aromatic ring is 1. The second-order valence-corrected chi connectivity index (χ2v) is 4.56. The predicted octanol–water partition coefficient (Wildman–Crippen LogP) is 1.53. The largest absolute Gasteiger partial charge is 0.384 e. The molecule has 0 aliphatic heterocycles. The zero-order chi connectivity index (χ0) is 16.1. The molecule has 0 unspecified atom stereocenters. The van der Waals surface area contributed by atoms with Crippen LogP contribution in [0.5, 0.6) is 0 Å². The van der Waals surface area contributed by atoms with Gasteiger partial charge in [-0.05, 0) is 42.5 Å². The molecule has 7 nitrogen and oxygen atoms in total. The fourth-order valence-electron chi connectivity index (χ4n) is 1.83. The second kappa shape index (κ2) is 6.40. The van der Waals surface area contributed by atoms with E-state index in [-0.39, 0.29) is 17.7 Å². The number of anilines is 2. The van der Waals surface area contributed by atoms with E-state index in [2.05, 4.69) is 10.6 Å². The first kappa shape index (κ1) is 15.0. The summed E-state index contributed by atoms with van der Waals surface area (Å²) in [5, 5.41) is 19.9. The van der Waals surface area contributed by atoms with Crippen LogP contribution < -0.4 is 22.1 Å². The number of nitrogens with two attached hydrogens (primary N) is 2. The minimum absolute atomic E-state index is 0.0270. The summed E-state index contributed by atoms with van der Waals surface area (Å²) in [5.41, 5.74) is 12.8. The summed E-state index contributed by atoms with van der Waals surface area (Å²) in [6, 6.07) is 13.3. The van der Waals surface area contributed by atoms with E-state index < -0.39 is 0 Å². The molecule has 0 aromatic heterocycles. The molecule has 0 saturated carbocycles. The van der Waals surface area contributed by atoms with Crippen molar-refractivity contribution in [2.24, 2.45) is 11.5 Å². The van der Waals surface area contributed by atoms with Crippen molar-refractivity contribution in [3.8, 4) is 0 Å². The molecule has 0 spiro atoms. The quantitative estimate of drug-likeness (QED) is 0.376. The van der Waals surface area contributed by atoms with E-state index in [1.807, 2.05) is 0 Å². The van der Waals surface area contributed by atoms with Gasteiger partial charge in [0.05, 0.1) is 0 Å². The highest BCUT2D eigenvalue weighted by Gasteiger charge is 2.07. The Hall–Kier alpha value is -3.35. The van der Waals surface area contributed by atoms with Gasteiger partial charge in [0, 0.05) is 22.5 Å². The molecule has 0 aliphatic carbocycles. The normalized spacial score (nSPS) is 9.82. The lowest BCUT2D eigenvalue weighted by atomic mass is 10.1. The maximum atomic E-state index is 12.2. The maximum absolute atomic E-state index is 12.2. The topological polar surface area (TPSA) is 141 Å². The Morgan fingerprint density at radius 1 is 0.864 bits per heavy atom. The summed E-state index contributed by atoms with van der Waals surface area (Å²) in [4.78, 5) is 12.2. The molecular formula is C15H16N6O. The number of nitrogens with one attached hydrogen (secondary N) is 4. The Morgan fingerprint density at radius 2 is 1.55 bits per heavy atom. The van der Waals surface area contributed by atoms with Crippen molar-refractivity contribution in [3.63, 3.8) is 0 Å². The van der Waals surface area contributed by atoms with E-state index in [9.17, 15) is 4.79 Å². The third-order valence-corrected chi connectivity index (χ3v) is 2.86. The summed E-state index contributed by atoms with van der Waals surface area (Å²) in [6.45, 7) is 0. The summed E-state index contributed by atoms with van der Waals surface area (Å²) < 4.78 is 0. The number of amides is 1. The minimum atomic E-state index is -0.289. The SMILES string of the molecule is N=C(N)Nc1cccc(C(=O)Nc2ccc(C(=N)N)cc2)c1. The van der Waals surface area contributed by atoms with Gasteiger partial charge >= 0.3 is 0 Å². The Kier molecular flexibility index (Phi) is 4.38. The monoisotopic (exact) mass is 296 g/mol. The summed E-state index contributed by atoms with van der Waals surface area (Å²) in [6.07, 6.45) is 0. The highest BCUT2D eigenvalue weighted by molar-refractivity contribution is 6.05. The van der Waals surface area contributed by atoms with Crippen molar-refractivity contribution < 1.29 is 4.79 Å². The maximum Gasteiger partial charge on any atom is 0.255 e. The standard InChI is InChI=1S/C15H16N6O/c16-13(17)9-4-6-11(7-5-9)20-14(22)10-2-1-3-12(8-10)21-15(18)19/h1-8H,(H3,16,17)(H,20,22)(H4,18,19,21). The van der Waals surface area contributed by atoms with Crippen molar-refractivity contribution in [1.29, 1.82) is 10.8 Å². The van der Waals surface area contributed by atoms with Gasteiger partial charge < -0.3 is 22.1 Å². The van der Waals surface area contributed by atoms with E-state index in [1.54, 1.807) is 48.5 Å². The fourth-order valence-corrected chi connectivity index (χ4v) is 1.83. The molecule has 22 heavy (non-hydrogen) atoms. The van der Waals surface area contributed by atoms with Gasteiger partial charge in [0.1, 0.15) is 5.84 Å². The fraction of sp³-hybridized carbons (Fsp3) is 0. The van der Waals surface area contributed by atoms with Crippen LogP contribution in [-0.4, -0.2) is 17.7 Å². The van der Waals surface area contributed by atoms with Gasteiger partial charge in [-0.2, -0.15) is 0 Å². The molecule has 0 atom stereocenters. The van der Waals surface area contributed by atoms with E-state index in [0.717, 1.165) is 0 Å². The average molecular weight is 296 g/mol. The average Bonchev–Trinajstić information content (AvgIpc) is 2.47. The van der Waals surface area contributed by atoms with E-state index >= 15 is 0 Å². The van der Waals surface area contributed by atoms with Gasteiger partial charge in [0.25, 0.3) is 5.91 Å². The van der Waals surface area contributed by atoms with Crippen LogP contribution in [0.15, 0.2) is 48.5 Å². The predicted molar refractivity (Wildman–Crippen MR) is 87.4 cm³/mol. The number of hydrogen-bond donors (Lipinski definition) is 6. The molecule has 0 bridgehead atoms. The van der Waals surface area contributed by atoms with E-state index in [1.165, 1.54) is 0 Å². The Morgan fingerprint density at radius 3 is 2.14 bits per heavy atom. The molecule has 0 saturated heterocycles. The highest BCUT2D eigenvalue weighted by atomic mass is 16.1. The Bertz CT molecular complexity index is 723. The van der Waals surface area contributed by atoms with Crippen LogP contribution in [0.25, 0.3) is 0 Å². The second-order valence-electron chi connectivity index (χ2n) is 4.56. The van der Waals surface area contributed by atoms with Gasteiger partial charge in [0.15, 0.2) is 5.96 Å². The molecule has 8 N–H and O–H groups in total. The van der Waals surface area contributed by atoms with Crippen LogP contribution in [0.4, 0.5) is 11.4 Å². The van der Waals surface area contributed by atoms with Crippen molar-refractivity contribution in [2.75, 3.05) is 10.6 Å². The van der Waals surface area contributed by atoms with Crippen LogP contribution in [0.3, 0.4) is 0 Å². The molecule has 112 valence electrons. The first-order valence-electron chi connectivity index (χ1n) is 6.42. The summed E-state index contributed by atoms with van der Waals surface area (Å²) in [5.74, 6) is -0.513. The molecule has 7 heteroatoms. The van der Waals surface area contributed by atoms with Gasteiger partial charge in [-0.3, -0.25) is 15.6 Å². The van der Waals surface area contributed by atoms with Gasteiger partial charge in [-0.1, -0.05) is 6.07 Å². The third kappa shape index (κ3) is 3.83. The van der Waals surface area contributed by atoms with Gasteiger partial charge in [-0.25, -0.2) is 0 Å².